The molecule has 212 valence electrons. The number of halogens is 1. The van der Waals surface area contributed by atoms with Gasteiger partial charge in [0.2, 0.25) is 10.0 Å². The van der Waals surface area contributed by atoms with E-state index in [1.165, 1.54) is 32.1 Å². The first kappa shape index (κ1) is 28.4. The zero-order chi connectivity index (χ0) is 27.2. The van der Waals surface area contributed by atoms with E-state index in [-0.39, 0.29) is 23.6 Å². The van der Waals surface area contributed by atoms with Crippen LogP contribution in [0.25, 0.3) is 0 Å². The summed E-state index contributed by atoms with van der Waals surface area (Å²) in [5.74, 6) is 0. The SMILES string of the molecule is O=C(OC[C@H]1CCC[C@@H](Cc2ccccc2)N1S(=O)(=O)c1ccc(Cl)cc1)N1CCN(C2CCCCC2)CC1. The number of rotatable bonds is 7. The number of carbonyl (C=O) groups excluding carboxylic acids is 1. The highest BCUT2D eigenvalue weighted by molar-refractivity contribution is 7.89. The van der Waals surface area contributed by atoms with Crippen LogP contribution in [-0.4, -0.2) is 79.5 Å². The Balaban J connectivity index is 1.26. The molecule has 2 aliphatic heterocycles. The molecule has 2 aromatic rings. The molecule has 2 heterocycles. The lowest BCUT2D eigenvalue weighted by atomic mass is 9.94. The maximum Gasteiger partial charge on any atom is 0.409 e. The molecule has 1 saturated carbocycles. The normalized spacial score (nSPS) is 24.0. The molecule has 0 radical (unpaired) electrons. The molecule has 9 heteroatoms. The van der Waals surface area contributed by atoms with Gasteiger partial charge in [-0.15, -0.1) is 0 Å². The van der Waals surface area contributed by atoms with E-state index in [1.54, 1.807) is 33.5 Å². The van der Waals surface area contributed by atoms with Crippen LogP contribution in [0.2, 0.25) is 5.02 Å². The van der Waals surface area contributed by atoms with Gasteiger partial charge in [0, 0.05) is 43.3 Å². The van der Waals surface area contributed by atoms with Gasteiger partial charge in [-0.2, -0.15) is 4.31 Å². The smallest absolute Gasteiger partial charge is 0.409 e. The molecule has 2 saturated heterocycles. The molecule has 3 aliphatic rings. The first-order chi connectivity index (χ1) is 18.9. The number of amides is 1. The number of ether oxygens (including phenoxy) is 1. The van der Waals surface area contributed by atoms with E-state index in [2.05, 4.69) is 4.90 Å². The predicted molar refractivity (Wildman–Crippen MR) is 153 cm³/mol. The Kier molecular flexibility index (Phi) is 9.48. The van der Waals surface area contributed by atoms with Crippen molar-refractivity contribution in [2.75, 3.05) is 32.8 Å². The van der Waals surface area contributed by atoms with Crippen LogP contribution in [0.1, 0.15) is 56.9 Å². The van der Waals surface area contributed by atoms with Gasteiger partial charge in [-0.25, -0.2) is 13.2 Å². The Morgan fingerprint density at radius 2 is 1.49 bits per heavy atom. The Morgan fingerprint density at radius 1 is 0.821 bits per heavy atom. The summed E-state index contributed by atoms with van der Waals surface area (Å²) in [5.41, 5.74) is 1.09. The average Bonchev–Trinajstić information content (AvgIpc) is 2.97. The van der Waals surface area contributed by atoms with Gasteiger partial charge in [-0.3, -0.25) is 4.90 Å². The topological polar surface area (TPSA) is 70.2 Å². The third kappa shape index (κ3) is 6.96. The number of piperazine rings is 1. The number of benzene rings is 2. The molecular formula is C30H40ClN3O4S. The number of hydrogen-bond acceptors (Lipinski definition) is 5. The van der Waals surface area contributed by atoms with E-state index < -0.39 is 16.1 Å². The van der Waals surface area contributed by atoms with E-state index in [9.17, 15) is 13.2 Å². The average molecular weight is 574 g/mol. The van der Waals surface area contributed by atoms with Crippen molar-refractivity contribution >= 4 is 27.7 Å². The maximum atomic E-state index is 14.0. The quantitative estimate of drug-likeness (QED) is 0.432. The zero-order valence-corrected chi connectivity index (χ0v) is 24.2. The van der Waals surface area contributed by atoms with E-state index in [0.29, 0.717) is 37.0 Å². The van der Waals surface area contributed by atoms with Gasteiger partial charge in [-0.05, 0) is 61.9 Å². The highest BCUT2D eigenvalue weighted by atomic mass is 35.5. The molecule has 1 aliphatic carbocycles. The molecule has 5 rings (SSSR count). The molecule has 39 heavy (non-hydrogen) atoms. The predicted octanol–water partition coefficient (Wildman–Crippen LogP) is 5.58. The second kappa shape index (κ2) is 13.0. The van der Waals surface area contributed by atoms with Crippen molar-refractivity contribution in [3.63, 3.8) is 0 Å². The van der Waals surface area contributed by atoms with Gasteiger partial charge in [0.25, 0.3) is 0 Å². The van der Waals surface area contributed by atoms with E-state index in [0.717, 1.165) is 31.5 Å². The van der Waals surface area contributed by atoms with Crippen molar-refractivity contribution in [3.05, 3.63) is 65.2 Å². The van der Waals surface area contributed by atoms with Gasteiger partial charge in [0.15, 0.2) is 0 Å². The molecular weight excluding hydrogens is 534 g/mol. The number of sulfonamides is 1. The fraction of sp³-hybridized carbons (Fsp3) is 0.567. The Morgan fingerprint density at radius 3 is 2.18 bits per heavy atom. The molecule has 2 aromatic carbocycles. The second-order valence-corrected chi connectivity index (χ2v) is 13.4. The summed E-state index contributed by atoms with van der Waals surface area (Å²) >= 11 is 6.05. The van der Waals surface area contributed by atoms with Gasteiger partial charge in [-0.1, -0.05) is 67.6 Å². The van der Waals surface area contributed by atoms with Crippen molar-refractivity contribution in [2.45, 2.75) is 80.8 Å². The fourth-order valence-electron chi connectivity index (χ4n) is 6.47. The zero-order valence-electron chi connectivity index (χ0n) is 22.6. The number of carbonyl (C=O) groups is 1. The van der Waals surface area contributed by atoms with E-state index in [4.69, 9.17) is 16.3 Å². The highest BCUT2D eigenvalue weighted by Crippen LogP contribution is 2.33. The van der Waals surface area contributed by atoms with Gasteiger partial charge in [0.05, 0.1) is 10.9 Å². The monoisotopic (exact) mass is 573 g/mol. The third-order valence-electron chi connectivity index (χ3n) is 8.56. The summed E-state index contributed by atoms with van der Waals surface area (Å²) in [5, 5.41) is 0.488. The lowest BCUT2D eigenvalue weighted by molar-refractivity contribution is 0.0383. The minimum atomic E-state index is -3.83. The van der Waals surface area contributed by atoms with Crippen molar-refractivity contribution in [1.29, 1.82) is 0 Å². The van der Waals surface area contributed by atoms with Crippen LogP contribution in [0.3, 0.4) is 0 Å². The van der Waals surface area contributed by atoms with Crippen LogP contribution in [0.5, 0.6) is 0 Å². The van der Waals surface area contributed by atoms with E-state index in [1.807, 2.05) is 30.3 Å². The lowest BCUT2D eigenvalue weighted by Crippen LogP contribution is -2.54. The first-order valence-electron chi connectivity index (χ1n) is 14.4. The Bertz CT molecular complexity index is 1180. The van der Waals surface area contributed by atoms with Crippen LogP contribution >= 0.6 is 11.6 Å². The summed E-state index contributed by atoms with van der Waals surface area (Å²) in [6.45, 7) is 3.12. The second-order valence-electron chi connectivity index (χ2n) is 11.1. The minimum absolute atomic E-state index is 0.0553. The number of hydrogen-bond donors (Lipinski definition) is 0. The maximum absolute atomic E-state index is 14.0. The summed E-state index contributed by atoms with van der Waals surface area (Å²) in [6, 6.07) is 16.3. The van der Waals surface area contributed by atoms with Gasteiger partial charge in [0.1, 0.15) is 6.61 Å². The largest absolute Gasteiger partial charge is 0.448 e. The third-order valence-corrected chi connectivity index (χ3v) is 10.8. The molecule has 0 bridgehead atoms. The molecule has 3 fully saturated rings. The van der Waals surface area contributed by atoms with Gasteiger partial charge < -0.3 is 9.64 Å². The first-order valence-corrected chi connectivity index (χ1v) is 16.2. The Hall–Kier alpha value is -2.13. The summed E-state index contributed by atoms with van der Waals surface area (Å²) in [4.78, 5) is 17.6. The standard InChI is InChI=1S/C30H40ClN3O4S/c31-25-14-16-29(17-15-25)39(36,37)34-27(22-24-8-3-1-4-9-24)12-7-13-28(34)23-38-30(35)33-20-18-32(19-21-33)26-10-5-2-6-11-26/h1,3-4,8-9,14-17,26-28H,2,5-7,10-13,18-23H2/t27-,28+/m0/s1. The van der Waals surface area contributed by atoms with Crippen molar-refractivity contribution in [2.24, 2.45) is 0 Å². The van der Waals surface area contributed by atoms with Gasteiger partial charge >= 0.3 is 6.09 Å². The Labute approximate surface area is 238 Å². The number of piperidine rings is 1. The fourth-order valence-corrected chi connectivity index (χ4v) is 8.45. The van der Waals surface area contributed by atoms with Crippen LogP contribution < -0.4 is 0 Å². The van der Waals surface area contributed by atoms with Crippen LogP contribution in [0.15, 0.2) is 59.5 Å². The van der Waals surface area contributed by atoms with Crippen LogP contribution in [-0.2, 0) is 21.2 Å². The molecule has 0 N–H and O–H groups in total. The highest BCUT2D eigenvalue weighted by Gasteiger charge is 2.41. The lowest BCUT2D eigenvalue weighted by Gasteiger charge is -2.42. The molecule has 0 spiro atoms. The minimum Gasteiger partial charge on any atom is -0.448 e. The molecule has 1 amide bonds. The molecule has 2 atom stereocenters. The van der Waals surface area contributed by atoms with Crippen molar-refractivity contribution < 1.29 is 17.9 Å². The summed E-state index contributed by atoms with van der Waals surface area (Å²) in [7, 11) is -3.83. The molecule has 0 aromatic heterocycles. The van der Waals surface area contributed by atoms with E-state index >= 15 is 0 Å². The van der Waals surface area contributed by atoms with Crippen molar-refractivity contribution in [1.82, 2.24) is 14.1 Å². The van der Waals surface area contributed by atoms with Crippen LogP contribution in [0.4, 0.5) is 4.79 Å². The summed E-state index contributed by atoms with van der Waals surface area (Å²) in [6.07, 6.45) is 9.02. The molecule has 0 unspecified atom stereocenters. The van der Waals surface area contributed by atoms with Crippen molar-refractivity contribution in [3.8, 4) is 0 Å². The number of nitrogens with zero attached hydrogens (tertiary/aromatic N) is 3. The molecule has 7 nitrogen and oxygen atoms in total. The van der Waals surface area contributed by atoms with Crippen LogP contribution in [0, 0.1) is 0 Å². The summed E-state index contributed by atoms with van der Waals surface area (Å²) < 4.78 is 35.4.